The average molecular weight is 540 g/mol. The van der Waals surface area contributed by atoms with E-state index >= 15 is 0 Å². The van der Waals surface area contributed by atoms with Crippen LogP contribution in [0.15, 0.2) is 34.2 Å². The lowest BCUT2D eigenvalue weighted by Gasteiger charge is -2.47. The third-order valence-electron chi connectivity index (χ3n) is 8.24. The zero-order valence-electron chi connectivity index (χ0n) is 23.1. The first-order valence-corrected chi connectivity index (χ1v) is 14.3. The summed E-state index contributed by atoms with van der Waals surface area (Å²) in [7, 11) is 0. The second kappa shape index (κ2) is 13.2. The van der Waals surface area contributed by atoms with Crippen molar-refractivity contribution >= 4 is 28.6 Å². The summed E-state index contributed by atoms with van der Waals surface area (Å²) in [6.07, 6.45) is 11.4. The van der Waals surface area contributed by atoms with Gasteiger partial charge in [-0.05, 0) is 50.2 Å². The van der Waals surface area contributed by atoms with Crippen LogP contribution in [0.4, 0.5) is 0 Å². The minimum Gasteiger partial charge on any atom is -0.479 e. The topological polar surface area (TPSA) is 140 Å². The predicted octanol–water partition coefficient (Wildman–Crippen LogP) is 3.85. The van der Waals surface area contributed by atoms with Crippen LogP contribution < -0.4 is 11.3 Å². The molecule has 0 spiro atoms. The molecule has 0 radical (unpaired) electrons. The molecule has 2 fully saturated rings. The van der Waals surface area contributed by atoms with E-state index in [4.69, 9.17) is 15.7 Å². The van der Waals surface area contributed by atoms with Crippen LogP contribution in [0.3, 0.4) is 0 Å². The number of primary amides is 1. The molecule has 1 saturated heterocycles. The summed E-state index contributed by atoms with van der Waals surface area (Å²) < 4.78 is 1.74. The van der Waals surface area contributed by atoms with Gasteiger partial charge in [0.1, 0.15) is 0 Å². The molecule has 1 aliphatic carbocycles. The molecular weight excluding hydrogens is 498 g/mol. The van der Waals surface area contributed by atoms with Crippen LogP contribution in [0, 0.1) is 5.92 Å². The van der Waals surface area contributed by atoms with Crippen LogP contribution >= 0.6 is 0 Å². The van der Waals surface area contributed by atoms with E-state index in [-0.39, 0.29) is 11.7 Å². The molecule has 1 amide bonds. The summed E-state index contributed by atoms with van der Waals surface area (Å²) in [4.78, 5) is 48.9. The van der Waals surface area contributed by atoms with Gasteiger partial charge in [-0.2, -0.15) is 0 Å². The van der Waals surface area contributed by atoms with E-state index in [1.54, 1.807) is 10.6 Å². The second-order valence-electron chi connectivity index (χ2n) is 10.9. The van der Waals surface area contributed by atoms with Crippen LogP contribution in [0.5, 0.6) is 0 Å². The highest BCUT2D eigenvalue weighted by molar-refractivity contribution is 6.44. The van der Waals surface area contributed by atoms with E-state index in [0.29, 0.717) is 23.1 Å². The van der Waals surface area contributed by atoms with Crippen molar-refractivity contribution in [3.05, 3.63) is 40.3 Å². The quantitative estimate of drug-likeness (QED) is 0.326. The average Bonchev–Trinajstić information content (AvgIpc) is 2.91. The first-order valence-electron chi connectivity index (χ1n) is 14.3. The summed E-state index contributed by atoms with van der Waals surface area (Å²) >= 11 is 0. The number of hydrogen-bond donors (Lipinski definition) is 2. The third kappa shape index (κ3) is 6.66. The molecule has 10 heteroatoms. The Morgan fingerprint density at radius 1 is 1.10 bits per heavy atom. The first-order chi connectivity index (χ1) is 18.8. The zero-order chi connectivity index (χ0) is 27.9. The molecule has 4 atom stereocenters. The molecule has 4 rings (SSSR count). The smallest absolute Gasteiger partial charge is 0.344 e. The number of nitrogens with two attached hydrogens (primary N) is 1. The second-order valence-corrected chi connectivity index (χ2v) is 10.9. The molecule has 2 aliphatic rings. The van der Waals surface area contributed by atoms with Gasteiger partial charge in [0.15, 0.2) is 11.4 Å². The highest BCUT2D eigenvalue weighted by Crippen LogP contribution is 2.37. The van der Waals surface area contributed by atoms with Gasteiger partial charge < -0.3 is 20.2 Å². The number of hydrogen-bond acceptors (Lipinski definition) is 7. The number of para-hydroxylation sites is 2. The number of fused-ring (bicyclic) bond motifs is 1. The van der Waals surface area contributed by atoms with Crippen molar-refractivity contribution in [3.8, 4) is 0 Å². The minimum atomic E-state index is -1.26. The van der Waals surface area contributed by atoms with Gasteiger partial charge in [-0.25, -0.2) is 9.78 Å². The molecule has 212 valence electrons. The molecule has 3 N–H and O–H groups in total. The molecule has 1 aromatic carbocycles. The van der Waals surface area contributed by atoms with E-state index < -0.39 is 29.8 Å². The number of aliphatic carboxylic acids is 1. The standard InChI is InChI=1S/C29H41N5O5/c1-3-8-19-10-7-11-21(16-19)33-15-14-22(17-20(33)9-4-2)34-24-13-6-5-12-23(24)31-27(29(34)38)26(28(30)37)32-39-18-25(35)36/h5-6,12-13,19-22H,3-4,7-11,14-18H2,1-2H3,(H2,30,37)(H,35,36)/b32-26-/t19-,20-,21-,22-/m0/s1. The highest BCUT2D eigenvalue weighted by Gasteiger charge is 2.36. The van der Waals surface area contributed by atoms with Gasteiger partial charge in [-0.3, -0.25) is 14.5 Å². The van der Waals surface area contributed by atoms with Crippen LogP contribution in [-0.2, 0) is 14.4 Å². The Bertz CT molecular complexity index is 1260. The van der Waals surface area contributed by atoms with Crippen molar-refractivity contribution in [2.75, 3.05) is 13.2 Å². The Morgan fingerprint density at radius 2 is 1.87 bits per heavy atom. The van der Waals surface area contributed by atoms with Crippen molar-refractivity contribution < 1.29 is 19.5 Å². The largest absolute Gasteiger partial charge is 0.479 e. The Morgan fingerprint density at radius 3 is 2.59 bits per heavy atom. The number of likely N-dealkylation sites (tertiary alicyclic amines) is 1. The van der Waals surface area contributed by atoms with E-state index in [0.717, 1.165) is 38.1 Å². The summed E-state index contributed by atoms with van der Waals surface area (Å²) in [5.41, 5.74) is 5.57. The number of rotatable bonds is 11. The molecule has 1 aromatic heterocycles. The van der Waals surface area contributed by atoms with Gasteiger partial charge in [0.05, 0.1) is 11.0 Å². The van der Waals surface area contributed by atoms with Gasteiger partial charge in [0.2, 0.25) is 6.61 Å². The fourth-order valence-electron chi connectivity index (χ4n) is 6.64. The normalized spacial score (nSPS) is 24.5. The molecule has 0 unspecified atom stereocenters. The molecule has 10 nitrogen and oxygen atoms in total. The fraction of sp³-hybridized carbons (Fsp3) is 0.621. The zero-order valence-corrected chi connectivity index (χ0v) is 23.1. The van der Waals surface area contributed by atoms with Gasteiger partial charge in [-0.15, -0.1) is 0 Å². The molecule has 2 heterocycles. The summed E-state index contributed by atoms with van der Waals surface area (Å²) in [6, 6.07) is 8.20. The molecule has 39 heavy (non-hydrogen) atoms. The van der Waals surface area contributed by atoms with Gasteiger partial charge in [0, 0.05) is 24.7 Å². The number of piperidine rings is 1. The van der Waals surface area contributed by atoms with Crippen molar-refractivity contribution in [2.24, 2.45) is 16.8 Å². The van der Waals surface area contributed by atoms with Gasteiger partial charge in [-0.1, -0.05) is 63.2 Å². The van der Waals surface area contributed by atoms with Crippen LogP contribution in [0.1, 0.15) is 89.8 Å². The maximum absolute atomic E-state index is 13.9. The number of carboxylic acid groups (broad SMARTS) is 1. The lowest BCUT2D eigenvalue weighted by molar-refractivity contribution is -0.142. The van der Waals surface area contributed by atoms with Crippen molar-refractivity contribution in [3.63, 3.8) is 0 Å². The number of carbonyl (C=O) groups excluding carboxylic acids is 1. The van der Waals surface area contributed by atoms with Crippen LogP contribution in [0.25, 0.3) is 11.0 Å². The number of carboxylic acids is 1. The maximum Gasteiger partial charge on any atom is 0.344 e. The van der Waals surface area contributed by atoms with Crippen LogP contribution in [0.2, 0.25) is 0 Å². The van der Waals surface area contributed by atoms with Crippen molar-refractivity contribution in [1.29, 1.82) is 0 Å². The third-order valence-corrected chi connectivity index (χ3v) is 8.24. The van der Waals surface area contributed by atoms with E-state index in [2.05, 4.69) is 28.9 Å². The lowest BCUT2D eigenvalue weighted by atomic mass is 9.80. The number of oxime groups is 1. The molecule has 1 saturated carbocycles. The van der Waals surface area contributed by atoms with E-state index in [1.807, 2.05) is 18.2 Å². The SMILES string of the molecule is CCC[C@H]1CCC[C@H](N2CC[C@H](n3c(=O)c(/C(=N/OCC(=O)O)C(N)=O)nc4ccccc43)C[C@@H]2CCC)C1. The van der Waals surface area contributed by atoms with E-state index in [9.17, 15) is 14.4 Å². The number of aromatic nitrogens is 2. The number of carbonyl (C=O) groups is 2. The van der Waals surface area contributed by atoms with Gasteiger partial charge >= 0.3 is 5.97 Å². The van der Waals surface area contributed by atoms with Crippen molar-refractivity contribution in [1.82, 2.24) is 14.5 Å². The Balaban J connectivity index is 1.69. The Hall–Kier alpha value is -3.27. The predicted molar refractivity (Wildman–Crippen MR) is 150 cm³/mol. The van der Waals surface area contributed by atoms with Gasteiger partial charge in [0.25, 0.3) is 11.5 Å². The summed E-state index contributed by atoms with van der Waals surface area (Å²) in [6.45, 7) is 4.62. The lowest BCUT2D eigenvalue weighted by Crippen LogP contribution is -2.51. The molecule has 0 bridgehead atoms. The fourth-order valence-corrected chi connectivity index (χ4v) is 6.64. The molecular formula is C29H41N5O5. The minimum absolute atomic E-state index is 0.0824. The van der Waals surface area contributed by atoms with E-state index in [1.165, 1.54) is 38.5 Å². The molecule has 1 aliphatic heterocycles. The van der Waals surface area contributed by atoms with Crippen molar-refractivity contribution in [2.45, 2.75) is 96.2 Å². The Labute approximate surface area is 229 Å². The Kier molecular flexibility index (Phi) is 9.72. The number of nitrogens with zero attached hydrogens (tertiary/aromatic N) is 4. The van der Waals surface area contributed by atoms with Crippen LogP contribution in [-0.4, -0.2) is 62.4 Å². The maximum atomic E-state index is 13.9. The number of amides is 1. The first kappa shape index (κ1) is 28.7. The molecule has 2 aromatic rings. The summed E-state index contributed by atoms with van der Waals surface area (Å²) in [5.74, 6) is -1.47. The number of benzene rings is 1. The highest BCUT2D eigenvalue weighted by atomic mass is 16.6. The monoisotopic (exact) mass is 539 g/mol. The summed E-state index contributed by atoms with van der Waals surface area (Å²) in [5, 5.41) is 12.5.